The van der Waals surface area contributed by atoms with E-state index in [-0.39, 0.29) is 134 Å². The number of unbranched alkanes of at least 4 members (excludes halogenated alkanes) is 2. The van der Waals surface area contributed by atoms with Crippen molar-refractivity contribution in [2.75, 3.05) is 39.3 Å². The molecule has 0 aromatic carbocycles. The summed E-state index contributed by atoms with van der Waals surface area (Å²) in [5.41, 5.74) is 61.4. The standard InChI is InChI=1S/C55H105N25O14/c1-28(2)40(51(93)94)80-50(92)37(19-13-27-70-55(65)66)79-45(87)33(15-7-9-23-57)74-44(86)32(14-6-8-22-56)75-46(88)34(16-10-24-67-52(59)60)76-47(89)35(17-11-25-68-53(61)62)77-48(90)36(18-12-26-69-54(63)64)78-49(91)38(20-21-39(81)82)73-43(85)31(5)72-42(84)30(4)71-41(83)29(3)58/h28-38,40H,6-27,56-58H2,1-5H3,(H,71,83)(H,72,84)(H,73,85)(H,74,86)(H,75,88)(H,76,89)(H,77,90)(H,78,91)(H,79,87)(H,80,92)(H,81,82)(H,93,94)(H4,59,60,67)(H4,61,62,68)(H4,63,64,69)(H4,65,66,70)/t29-,30-,31-,32-,33-,34-,35-,36-,37-,38-,40-/m0/s1. The average molecular weight is 1340 g/mol. The fourth-order valence-corrected chi connectivity index (χ4v) is 8.66. The zero-order valence-electron chi connectivity index (χ0n) is 54.4. The van der Waals surface area contributed by atoms with Crippen molar-refractivity contribution < 1.29 is 67.7 Å². The molecule has 39 nitrogen and oxygen atoms in total. The van der Waals surface area contributed by atoms with Crippen LogP contribution in [0.4, 0.5) is 0 Å². The van der Waals surface area contributed by atoms with E-state index in [1.807, 2.05) is 0 Å². The lowest BCUT2D eigenvalue weighted by Gasteiger charge is -2.28. The maximum atomic E-state index is 14.7. The quantitative estimate of drug-likeness (QED) is 0.0153. The molecule has 0 aliphatic carbocycles. The van der Waals surface area contributed by atoms with Gasteiger partial charge in [0.2, 0.25) is 59.1 Å². The Morgan fingerprint density at radius 1 is 0.330 bits per heavy atom. The molecule has 94 heavy (non-hydrogen) atoms. The van der Waals surface area contributed by atoms with Gasteiger partial charge in [0, 0.05) is 32.6 Å². The van der Waals surface area contributed by atoms with Crippen molar-refractivity contribution in [1.29, 1.82) is 0 Å². The number of aliphatic carboxylic acids is 2. The number of nitrogens with two attached hydrogens (primary N) is 11. The van der Waals surface area contributed by atoms with E-state index in [2.05, 4.69) is 73.1 Å². The van der Waals surface area contributed by atoms with Gasteiger partial charge in [-0.2, -0.15) is 0 Å². The molecule has 0 saturated heterocycles. The lowest BCUT2D eigenvalue weighted by atomic mass is 10.0. The number of carbonyl (C=O) groups is 12. The zero-order chi connectivity index (χ0) is 71.6. The highest BCUT2D eigenvalue weighted by Gasteiger charge is 2.36. The van der Waals surface area contributed by atoms with Gasteiger partial charge in [-0.1, -0.05) is 13.8 Å². The third-order valence-electron chi connectivity index (χ3n) is 13.9. The van der Waals surface area contributed by atoms with Crippen LogP contribution in [-0.4, -0.2) is 211 Å². The fourth-order valence-electron chi connectivity index (χ4n) is 8.66. The number of amides is 10. The normalized spacial score (nSPS) is 14.4. The lowest BCUT2D eigenvalue weighted by molar-refractivity contribution is -0.143. The van der Waals surface area contributed by atoms with E-state index >= 15 is 0 Å². The van der Waals surface area contributed by atoms with Crippen molar-refractivity contribution in [2.24, 2.45) is 89.0 Å². The van der Waals surface area contributed by atoms with Crippen molar-refractivity contribution in [3.8, 4) is 0 Å². The van der Waals surface area contributed by atoms with Crippen molar-refractivity contribution in [3.05, 3.63) is 0 Å². The number of hydrogen-bond donors (Lipinski definition) is 23. The summed E-state index contributed by atoms with van der Waals surface area (Å²) in [6.07, 6.45) is -0.490. The van der Waals surface area contributed by atoms with E-state index in [1.165, 1.54) is 20.8 Å². The monoisotopic (exact) mass is 1340 g/mol. The van der Waals surface area contributed by atoms with Crippen LogP contribution < -0.4 is 116 Å². The average Bonchev–Trinajstić information content (AvgIpc) is 0.889. The van der Waals surface area contributed by atoms with Gasteiger partial charge in [-0.15, -0.1) is 0 Å². The van der Waals surface area contributed by atoms with Crippen molar-refractivity contribution in [1.82, 2.24) is 53.2 Å². The Hall–Kier alpha value is -9.40. The minimum absolute atomic E-state index is 0.00851. The van der Waals surface area contributed by atoms with Gasteiger partial charge in [0.1, 0.15) is 60.4 Å². The number of nitrogens with zero attached hydrogens (tertiary/aromatic N) is 4. The van der Waals surface area contributed by atoms with Crippen LogP contribution in [0.15, 0.2) is 20.0 Å². The van der Waals surface area contributed by atoms with Gasteiger partial charge in [0.05, 0.1) is 6.04 Å². The Balaban J connectivity index is 7.47. The molecule has 39 heteroatoms. The maximum absolute atomic E-state index is 14.7. The topological polar surface area (TPSA) is 701 Å². The van der Waals surface area contributed by atoms with Crippen LogP contribution in [0.1, 0.15) is 137 Å². The molecular formula is C55H105N25O14. The van der Waals surface area contributed by atoms with Crippen molar-refractivity contribution in [2.45, 2.75) is 204 Å². The number of guanidine groups is 4. The molecule has 0 heterocycles. The predicted octanol–water partition coefficient (Wildman–Crippen LogP) is -8.70. The summed E-state index contributed by atoms with van der Waals surface area (Å²) in [4.78, 5) is 178. The van der Waals surface area contributed by atoms with Gasteiger partial charge in [0.15, 0.2) is 23.8 Å². The second-order valence-electron chi connectivity index (χ2n) is 22.5. The van der Waals surface area contributed by atoms with Gasteiger partial charge < -0.3 is 126 Å². The van der Waals surface area contributed by atoms with Crippen LogP contribution in [0.5, 0.6) is 0 Å². The summed E-state index contributed by atoms with van der Waals surface area (Å²) >= 11 is 0. The summed E-state index contributed by atoms with van der Waals surface area (Å²) in [5, 5.41) is 44.7. The van der Waals surface area contributed by atoms with Crippen LogP contribution in [0, 0.1) is 5.92 Å². The zero-order valence-corrected chi connectivity index (χ0v) is 54.4. The van der Waals surface area contributed by atoms with Crippen LogP contribution >= 0.6 is 0 Å². The highest BCUT2D eigenvalue weighted by Crippen LogP contribution is 2.12. The Bertz CT molecular complexity index is 2590. The first-order chi connectivity index (χ1) is 44.1. The molecule has 0 bridgehead atoms. The SMILES string of the molecule is CC(C)[C@H](NC(=O)[C@H](CCCN=C(N)N)NC(=O)[C@H](CCCCN)NC(=O)[C@H](CCCCN)NC(=O)[C@H](CCCN=C(N)N)NC(=O)[C@H](CCCN=C(N)N)NC(=O)[C@H](CCCN=C(N)N)NC(=O)[C@H](CCC(=O)O)NC(=O)[C@H](C)NC(=O)[C@H](C)NC(=O)[C@H](C)N)C(=O)O. The summed E-state index contributed by atoms with van der Waals surface area (Å²) in [5.74, 6) is -13.4. The molecule has 0 spiro atoms. The van der Waals surface area contributed by atoms with Gasteiger partial charge in [-0.05, 0) is 136 Å². The van der Waals surface area contributed by atoms with E-state index < -0.39 is 156 Å². The minimum Gasteiger partial charge on any atom is -0.481 e. The molecular weight excluding hydrogens is 1230 g/mol. The van der Waals surface area contributed by atoms with Crippen LogP contribution in [0.2, 0.25) is 0 Å². The molecule has 0 aliphatic heterocycles. The van der Waals surface area contributed by atoms with Gasteiger partial charge >= 0.3 is 11.9 Å². The molecule has 34 N–H and O–H groups in total. The molecule has 11 atom stereocenters. The Morgan fingerprint density at radius 2 is 0.574 bits per heavy atom. The van der Waals surface area contributed by atoms with Crippen molar-refractivity contribution in [3.63, 3.8) is 0 Å². The highest BCUT2D eigenvalue weighted by atomic mass is 16.4. The van der Waals surface area contributed by atoms with Crippen LogP contribution in [0.3, 0.4) is 0 Å². The molecule has 0 aliphatic rings. The number of carboxylic acid groups (broad SMARTS) is 2. The van der Waals surface area contributed by atoms with Gasteiger partial charge in [-0.3, -0.25) is 72.7 Å². The van der Waals surface area contributed by atoms with Crippen LogP contribution in [0.25, 0.3) is 0 Å². The molecule has 0 radical (unpaired) electrons. The first-order valence-electron chi connectivity index (χ1n) is 31.0. The van der Waals surface area contributed by atoms with E-state index in [9.17, 15) is 67.7 Å². The fraction of sp³-hybridized carbons (Fsp3) is 0.709. The number of rotatable bonds is 49. The van der Waals surface area contributed by atoms with E-state index in [1.54, 1.807) is 13.8 Å². The summed E-state index contributed by atoms with van der Waals surface area (Å²) in [7, 11) is 0. The Labute approximate surface area is 546 Å². The molecule has 0 aromatic heterocycles. The second kappa shape index (κ2) is 46.6. The predicted molar refractivity (Wildman–Crippen MR) is 349 cm³/mol. The largest absolute Gasteiger partial charge is 0.481 e. The summed E-state index contributed by atoms with van der Waals surface area (Å²) in [6, 6.07) is -15.3. The minimum atomic E-state index is -1.66. The molecule has 534 valence electrons. The number of nitrogens with one attached hydrogen (secondary N) is 10. The van der Waals surface area contributed by atoms with E-state index in [4.69, 9.17) is 63.1 Å². The number of aliphatic imine (C=N–C) groups is 4. The lowest BCUT2D eigenvalue weighted by Crippen LogP contribution is -2.60. The van der Waals surface area contributed by atoms with Crippen molar-refractivity contribution >= 4 is 94.8 Å². The maximum Gasteiger partial charge on any atom is 0.326 e. The number of carboxylic acids is 2. The first-order valence-corrected chi connectivity index (χ1v) is 31.0. The molecule has 0 aromatic rings. The third-order valence-corrected chi connectivity index (χ3v) is 13.9. The molecule has 0 rings (SSSR count). The molecule has 10 amide bonds. The second-order valence-corrected chi connectivity index (χ2v) is 22.5. The van der Waals surface area contributed by atoms with Gasteiger partial charge in [-0.25, -0.2) is 4.79 Å². The smallest absolute Gasteiger partial charge is 0.326 e. The molecule has 0 fully saturated rings. The van der Waals surface area contributed by atoms with Gasteiger partial charge in [0.25, 0.3) is 0 Å². The molecule has 0 saturated carbocycles. The van der Waals surface area contributed by atoms with Crippen LogP contribution in [-0.2, 0) is 57.5 Å². The van der Waals surface area contributed by atoms with E-state index in [0.29, 0.717) is 19.3 Å². The highest BCUT2D eigenvalue weighted by molar-refractivity contribution is 5.99. The molecule has 0 unspecified atom stereocenters. The first kappa shape index (κ1) is 84.6. The number of hydrogen-bond acceptors (Lipinski definition) is 19. The van der Waals surface area contributed by atoms with E-state index in [0.717, 1.165) is 0 Å². The summed E-state index contributed by atoms with van der Waals surface area (Å²) < 4.78 is 0. The third kappa shape index (κ3) is 37.2. The summed E-state index contributed by atoms with van der Waals surface area (Å²) in [6.45, 7) is 7.34. The Kier molecular flexibility index (Phi) is 42.0. The Morgan fingerprint density at radius 3 is 0.819 bits per heavy atom. The number of carbonyl (C=O) groups excluding carboxylic acids is 10.